The van der Waals surface area contributed by atoms with Gasteiger partial charge in [-0.15, -0.1) is 0 Å². The first-order valence-electron chi connectivity index (χ1n) is 4.97. The number of amides is 1. The maximum absolute atomic E-state index is 11.2. The normalized spacial score (nSPS) is 18.6. The molecule has 1 aliphatic carbocycles. The Morgan fingerprint density at radius 2 is 1.87 bits per heavy atom. The lowest BCUT2D eigenvalue weighted by Gasteiger charge is -2.22. The first-order chi connectivity index (χ1) is 6.97. The minimum Gasteiger partial charge on any atom is -0.445 e. The van der Waals surface area contributed by atoms with Crippen LogP contribution in [-0.4, -0.2) is 22.5 Å². The van der Waals surface area contributed by atoms with Gasteiger partial charge in [0.25, 0.3) is 0 Å². The van der Waals surface area contributed by atoms with E-state index in [-0.39, 0.29) is 12.6 Å². The van der Waals surface area contributed by atoms with Crippen LogP contribution in [0.2, 0.25) is 0 Å². The molecular formula is C9H14Cl3NO2. The largest absolute Gasteiger partial charge is 0.445 e. The summed E-state index contributed by atoms with van der Waals surface area (Å²) in [6.45, 7) is -0.226. The first kappa shape index (κ1) is 13.2. The maximum atomic E-state index is 11.2. The Hall–Kier alpha value is 0.140. The Labute approximate surface area is 104 Å². The van der Waals surface area contributed by atoms with Crippen LogP contribution in [0.4, 0.5) is 4.79 Å². The number of carbonyl (C=O) groups is 1. The standard InChI is InChI=1S/C9H14Cl3NO2/c10-9(11,12)6-15-8(14)13-7-4-2-1-3-5-7/h7H,1-6H2,(H,13,14). The minimum absolute atomic E-state index is 0.210. The number of ether oxygens (including phenoxy) is 1. The summed E-state index contributed by atoms with van der Waals surface area (Å²) in [6, 6.07) is 0.210. The lowest BCUT2D eigenvalue weighted by molar-refractivity contribution is 0.141. The molecule has 15 heavy (non-hydrogen) atoms. The molecular weight excluding hydrogens is 260 g/mol. The highest BCUT2D eigenvalue weighted by Crippen LogP contribution is 2.26. The van der Waals surface area contributed by atoms with Gasteiger partial charge in [-0.1, -0.05) is 54.1 Å². The van der Waals surface area contributed by atoms with E-state index >= 15 is 0 Å². The van der Waals surface area contributed by atoms with Crippen molar-refractivity contribution < 1.29 is 9.53 Å². The summed E-state index contributed by atoms with van der Waals surface area (Å²) < 4.78 is 3.23. The molecule has 3 nitrogen and oxygen atoms in total. The minimum atomic E-state index is -1.54. The van der Waals surface area contributed by atoms with E-state index < -0.39 is 9.89 Å². The van der Waals surface area contributed by atoms with Crippen molar-refractivity contribution in [2.45, 2.75) is 41.9 Å². The number of nitrogens with one attached hydrogen (secondary N) is 1. The number of hydrogen-bond donors (Lipinski definition) is 1. The third-order valence-corrected chi connectivity index (χ3v) is 2.62. The molecule has 0 atom stereocenters. The van der Waals surface area contributed by atoms with Gasteiger partial charge in [-0.3, -0.25) is 0 Å². The van der Waals surface area contributed by atoms with Gasteiger partial charge < -0.3 is 10.1 Å². The first-order valence-corrected chi connectivity index (χ1v) is 6.11. The van der Waals surface area contributed by atoms with Gasteiger partial charge in [-0.25, -0.2) is 4.79 Å². The van der Waals surface area contributed by atoms with E-state index in [0.717, 1.165) is 25.7 Å². The molecule has 1 rings (SSSR count). The molecule has 1 fully saturated rings. The number of hydrogen-bond acceptors (Lipinski definition) is 2. The van der Waals surface area contributed by atoms with Crippen LogP contribution in [0.1, 0.15) is 32.1 Å². The summed E-state index contributed by atoms with van der Waals surface area (Å²) in [7, 11) is 0. The predicted octanol–water partition coefficient (Wildman–Crippen LogP) is 3.42. The van der Waals surface area contributed by atoms with Gasteiger partial charge in [0.15, 0.2) is 0 Å². The van der Waals surface area contributed by atoms with Gasteiger partial charge in [0, 0.05) is 6.04 Å². The Bertz CT molecular complexity index is 212. The quantitative estimate of drug-likeness (QED) is 0.784. The fraction of sp³-hybridized carbons (Fsp3) is 0.889. The monoisotopic (exact) mass is 273 g/mol. The molecule has 0 aromatic heterocycles. The fourth-order valence-corrected chi connectivity index (χ4v) is 1.77. The number of alkyl carbamates (subject to hydrolysis) is 1. The number of carbonyl (C=O) groups excluding carboxylic acids is 1. The van der Waals surface area contributed by atoms with Crippen LogP contribution in [0.25, 0.3) is 0 Å². The van der Waals surface area contributed by atoms with Crippen LogP contribution < -0.4 is 5.32 Å². The number of halogens is 3. The Morgan fingerprint density at radius 1 is 1.27 bits per heavy atom. The zero-order chi connectivity index (χ0) is 11.3. The molecule has 6 heteroatoms. The molecule has 88 valence electrons. The molecule has 0 bridgehead atoms. The molecule has 0 spiro atoms. The maximum Gasteiger partial charge on any atom is 0.407 e. The molecule has 0 aromatic rings. The second-order valence-electron chi connectivity index (χ2n) is 3.67. The summed E-state index contributed by atoms with van der Waals surface area (Å²) in [6.07, 6.45) is 5.03. The van der Waals surface area contributed by atoms with Gasteiger partial charge in [-0.2, -0.15) is 0 Å². The smallest absolute Gasteiger partial charge is 0.407 e. The second kappa shape index (κ2) is 6.02. The summed E-state index contributed by atoms with van der Waals surface area (Å²) >= 11 is 16.3. The van der Waals surface area contributed by atoms with Crippen molar-refractivity contribution in [3.63, 3.8) is 0 Å². The molecule has 0 radical (unpaired) electrons. The van der Waals surface area contributed by atoms with E-state index in [4.69, 9.17) is 39.5 Å². The van der Waals surface area contributed by atoms with Gasteiger partial charge in [-0.05, 0) is 12.8 Å². The van der Waals surface area contributed by atoms with Gasteiger partial charge in [0.1, 0.15) is 6.61 Å². The van der Waals surface area contributed by atoms with Crippen molar-refractivity contribution in [2.75, 3.05) is 6.61 Å². The van der Waals surface area contributed by atoms with E-state index in [1.165, 1.54) is 6.42 Å². The molecule has 1 N–H and O–H groups in total. The summed E-state index contributed by atoms with van der Waals surface area (Å²) in [5, 5.41) is 2.75. The lowest BCUT2D eigenvalue weighted by atomic mass is 9.96. The van der Waals surface area contributed by atoms with E-state index in [9.17, 15) is 4.79 Å². The summed E-state index contributed by atoms with van der Waals surface area (Å²) in [4.78, 5) is 11.2. The van der Waals surface area contributed by atoms with Crippen molar-refractivity contribution in [3.05, 3.63) is 0 Å². The van der Waals surface area contributed by atoms with Crippen LogP contribution in [0, 0.1) is 0 Å². The van der Waals surface area contributed by atoms with Crippen LogP contribution in [0.5, 0.6) is 0 Å². The highest BCUT2D eigenvalue weighted by Gasteiger charge is 2.23. The average Bonchev–Trinajstić information content (AvgIpc) is 2.15. The molecule has 1 amide bonds. The molecule has 0 heterocycles. The van der Waals surface area contributed by atoms with Gasteiger partial charge in [0.05, 0.1) is 0 Å². The zero-order valence-electron chi connectivity index (χ0n) is 8.27. The van der Waals surface area contributed by atoms with Gasteiger partial charge in [0.2, 0.25) is 3.79 Å². The van der Waals surface area contributed by atoms with Crippen molar-refractivity contribution in [1.29, 1.82) is 0 Å². The summed E-state index contributed by atoms with van der Waals surface area (Å²) in [5.41, 5.74) is 0. The third-order valence-electron chi connectivity index (χ3n) is 2.29. The molecule has 0 unspecified atom stereocenters. The van der Waals surface area contributed by atoms with Crippen molar-refractivity contribution in [3.8, 4) is 0 Å². The summed E-state index contributed by atoms with van der Waals surface area (Å²) in [5.74, 6) is 0. The molecule has 0 saturated heterocycles. The van der Waals surface area contributed by atoms with Crippen molar-refractivity contribution in [2.24, 2.45) is 0 Å². The fourth-order valence-electron chi connectivity index (χ4n) is 1.60. The molecule has 0 aromatic carbocycles. The van der Waals surface area contributed by atoms with Crippen LogP contribution >= 0.6 is 34.8 Å². The molecule has 1 saturated carbocycles. The average molecular weight is 275 g/mol. The van der Waals surface area contributed by atoms with Crippen molar-refractivity contribution in [1.82, 2.24) is 5.32 Å². The highest BCUT2D eigenvalue weighted by atomic mass is 35.6. The Morgan fingerprint density at radius 3 is 2.40 bits per heavy atom. The van der Waals surface area contributed by atoms with E-state index in [0.29, 0.717) is 0 Å². The number of alkyl halides is 3. The van der Waals surface area contributed by atoms with Crippen LogP contribution in [0.15, 0.2) is 0 Å². The molecule has 1 aliphatic rings. The van der Waals surface area contributed by atoms with Crippen molar-refractivity contribution >= 4 is 40.9 Å². The SMILES string of the molecule is O=C(NC1CCCCC1)OCC(Cl)(Cl)Cl. The third kappa shape index (κ3) is 6.33. The lowest BCUT2D eigenvalue weighted by Crippen LogP contribution is -2.37. The number of rotatable bonds is 2. The molecule has 0 aliphatic heterocycles. The van der Waals surface area contributed by atoms with Crippen LogP contribution in [-0.2, 0) is 4.74 Å². The van der Waals surface area contributed by atoms with E-state index in [1.807, 2.05) is 0 Å². The zero-order valence-corrected chi connectivity index (χ0v) is 10.5. The van der Waals surface area contributed by atoms with E-state index in [1.54, 1.807) is 0 Å². The van der Waals surface area contributed by atoms with Crippen LogP contribution in [0.3, 0.4) is 0 Å². The highest BCUT2D eigenvalue weighted by molar-refractivity contribution is 6.67. The Balaban J connectivity index is 2.17. The second-order valence-corrected chi connectivity index (χ2v) is 6.19. The van der Waals surface area contributed by atoms with E-state index in [2.05, 4.69) is 5.32 Å². The topological polar surface area (TPSA) is 38.3 Å². The predicted molar refractivity (Wildman–Crippen MR) is 61.6 cm³/mol. The van der Waals surface area contributed by atoms with Gasteiger partial charge >= 0.3 is 6.09 Å². The Kier molecular flexibility index (Phi) is 5.30.